The van der Waals surface area contributed by atoms with E-state index in [1.165, 1.54) is 30.4 Å². The Hall–Kier alpha value is -1.20. The van der Waals surface area contributed by atoms with Crippen LogP contribution in [0.1, 0.15) is 75.8 Å². The van der Waals surface area contributed by atoms with Gasteiger partial charge in [-0.15, -0.1) is 0 Å². The molecule has 1 heterocycles. The third kappa shape index (κ3) is 9.90. The molecule has 1 amide bonds. The van der Waals surface area contributed by atoms with Gasteiger partial charge in [-0.25, -0.2) is 4.57 Å². The van der Waals surface area contributed by atoms with Crippen LogP contribution in [0.25, 0.3) is 0 Å². The summed E-state index contributed by atoms with van der Waals surface area (Å²) >= 11 is 0. The highest BCUT2D eigenvalue weighted by atomic mass is 31.2. The second-order valence-electron chi connectivity index (χ2n) is 7.99. The highest BCUT2D eigenvalue weighted by Gasteiger charge is 2.29. The molecule has 0 spiro atoms. The zero-order valence-corrected chi connectivity index (χ0v) is 18.5. The van der Waals surface area contributed by atoms with E-state index in [4.69, 9.17) is 14.3 Å². The normalized spacial score (nSPS) is 17.5. The molecule has 1 aliphatic heterocycles. The predicted octanol–water partition coefficient (Wildman–Crippen LogP) is 4.62. The maximum Gasteiger partial charge on any atom is 0.469 e. The largest absolute Gasteiger partial charge is 0.469 e. The lowest BCUT2D eigenvalue weighted by atomic mass is 10.0. The van der Waals surface area contributed by atoms with Crippen LogP contribution in [0.3, 0.4) is 0 Å². The van der Waals surface area contributed by atoms with Gasteiger partial charge in [-0.1, -0.05) is 56.9 Å². The van der Waals surface area contributed by atoms with E-state index in [1.54, 1.807) is 4.90 Å². The number of rotatable bonds is 12. The molecule has 7 heteroatoms. The molecule has 1 saturated heterocycles. The van der Waals surface area contributed by atoms with Crippen LogP contribution < -0.4 is 0 Å². The Labute approximate surface area is 174 Å². The second kappa shape index (κ2) is 12.5. The van der Waals surface area contributed by atoms with E-state index in [0.717, 1.165) is 38.5 Å². The highest BCUT2D eigenvalue weighted by Crippen LogP contribution is 2.39. The molecule has 1 aromatic carbocycles. The molecule has 1 aromatic rings. The molecule has 0 bridgehead atoms. The number of hydrogen-bond donors (Lipinski definition) is 2. The fourth-order valence-corrected chi connectivity index (χ4v) is 4.42. The van der Waals surface area contributed by atoms with E-state index >= 15 is 0 Å². The number of amides is 1. The van der Waals surface area contributed by atoms with Gasteiger partial charge in [-0.3, -0.25) is 9.32 Å². The lowest BCUT2D eigenvalue weighted by molar-refractivity contribution is -0.134. The SMILES string of the molecule is CCc1ccc(CCCCCCCCC(=O)N2CCC[C@@H](OP(=O)(O)O)C2)cc1. The number of likely N-dealkylation sites (tertiary alicyclic amines) is 1. The summed E-state index contributed by atoms with van der Waals surface area (Å²) in [5, 5.41) is 0. The summed E-state index contributed by atoms with van der Waals surface area (Å²) < 4.78 is 15.7. The Morgan fingerprint density at radius 1 is 1.07 bits per heavy atom. The molecule has 0 saturated carbocycles. The highest BCUT2D eigenvalue weighted by molar-refractivity contribution is 7.46. The molecule has 1 fully saturated rings. The van der Waals surface area contributed by atoms with Gasteiger partial charge >= 0.3 is 7.82 Å². The van der Waals surface area contributed by atoms with Crippen molar-refractivity contribution in [1.29, 1.82) is 0 Å². The van der Waals surface area contributed by atoms with Crippen LogP contribution in [0.4, 0.5) is 0 Å². The number of phosphoric ester groups is 1. The van der Waals surface area contributed by atoms with Gasteiger partial charge in [0.05, 0.1) is 6.10 Å². The number of carbonyl (C=O) groups excluding carboxylic acids is 1. The molecule has 0 radical (unpaired) electrons. The minimum atomic E-state index is -4.49. The second-order valence-corrected chi connectivity index (χ2v) is 9.18. The van der Waals surface area contributed by atoms with Crippen LogP contribution in [0.15, 0.2) is 24.3 Å². The van der Waals surface area contributed by atoms with Crippen LogP contribution in [-0.4, -0.2) is 39.8 Å². The van der Waals surface area contributed by atoms with E-state index in [2.05, 4.69) is 31.2 Å². The average molecular weight is 426 g/mol. The predicted molar refractivity (Wildman–Crippen MR) is 115 cm³/mol. The lowest BCUT2D eigenvalue weighted by Gasteiger charge is -2.32. The monoisotopic (exact) mass is 425 g/mol. The molecule has 0 unspecified atom stereocenters. The standard InChI is InChI=1S/C22H36NO5P/c1-2-19-13-15-20(16-14-19)10-7-5-3-4-6-8-12-22(24)23-17-9-11-21(18-23)28-29(25,26)27/h13-16,21H,2-12,17-18H2,1H3,(H2,25,26,27)/t21-/m1/s1. The van der Waals surface area contributed by atoms with Crippen LogP contribution in [-0.2, 0) is 26.7 Å². The van der Waals surface area contributed by atoms with E-state index < -0.39 is 13.9 Å². The van der Waals surface area contributed by atoms with Gasteiger partial charge in [0.2, 0.25) is 5.91 Å². The van der Waals surface area contributed by atoms with Crippen molar-refractivity contribution in [2.24, 2.45) is 0 Å². The van der Waals surface area contributed by atoms with Crippen molar-refractivity contribution in [1.82, 2.24) is 4.90 Å². The fourth-order valence-electron chi connectivity index (χ4n) is 3.86. The van der Waals surface area contributed by atoms with Gasteiger partial charge in [0, 0.05) is 19.5 Å². The number of piperidine rings is 1. The molecule has 6 nitrogen and oxygen atoms in total. The fraction of sp³-hybridized carbons (Fsp3) is 0.682. The van der Waals surface area contributed by atoms with Crippen LogP contribution in [0, 0.1) is 0 Å². The van der Waals surface area contributed by atoms with Crippen molar-refractivity contribution < 1.29 is 23.7 Å². The van der Waals surface area contributed by atoms with Gasteiger partial charge in [-0.2, -0.15) is 0 Å². The molecule has 0 aromatic heterocycles. The molecule has 1 aliphatic rings. The molecule has 2 rings (SSSR count). The van der Waals surface area contributed by atoms with Gasteiger partial charge in [-0.05, 0) is 49.7 Å². The molecule has 29 heavy (non-hydrogen) atoms. The Balaban J connectivity index is 1.51. The van der Waals surface area contributed by atoms with Crippen LogP contribution in [0.2, 0.25) is 0 Å². The number of benzene rings is 1. The maximum absolute atomic E-state index is 12.3. The molecule has 1 atom stereocenters. The first kappa shape index (κ1) is 24.1. The van der Waals surface area contributed by atoms with Gasteiger partial charge in [0.1, 0.15) is 0 Å². The number of phosphoric acid groups is 1. The maximum atomic E-state index is 12.3. The van der Waals surface area contributed by atoms with Gasteiger partial charge < -0.3 is 14.7 Å². The Morgan fingerprint density at radius 2 is 1.69 bits per heavy atom. The smallest absolute Gasteiger partial charge is 0.340 e. The van der Waals surface area contributed by atoms with Crippen molar-refractivity contribution in [2.75, 3.05) is 13.1 Å². The van der Waals surface area contributed by atoms with Crippen molar-refractivity contribution >= 4 is 13.7 Å². The Kier molecular flexibility index (Phi) is 10.4. The first-order chi connectivity index (χ1) is 13.9. The summed E-state index contributed by atoms with van der Waals surface area (Å²) in [6.45, 7) is 3.11. The van der Waals surface area contributed by atoms with Crippen molar-refractivity contribution in [3.8, 4) is 0 Å². The summed E-state index contributed by atoms with van der Waals surface area (Å²) in [5.74, 6) is 0.0690. The summed E-state index contributed by atoms with van der Waals surface area (Å²) in [7, 11) is -4.49. The lowest BCUT2D eigenvalue weighted by Crippen LogP contribution is -2.42. The molecule has 164 valence electrons. The molecule has 0 aliphatic carbocycles. The summed E-state index contributed by atoms with van der Waals surface area (Å²) in [6.07, 6.45) is 10.2. The quantitative estimate of drug-likeness (QED) is 0.377. The Bertz CT molecular complexity index is 658. The van der Waals surface area contributed by atoms with E-state index in [-0.39, 0.29) is 12.5 Å². The number of carbonyl (C=O) groups is 1. The van der Waals surface area contributed by atoms with Crippen LogP contribution >= 0.6 is 7.82 Å². The zero-order chi connectivity index (χ0) is 21.1. The van der Waals surface area contributed by atoms with E-state index in [1.807, 2.05) is 0 Å². The minimum Gasteiger partial charge on any atom is -0.340 e. The summed E-state index contributed by atoms with van der Waals surface area (Å²) in [5.41, 5.74) is 2.80. The number of hydrogen-bond acceptors (Lipinski definition) is 3. The molecular formula is C22H36NO5P. The molecule has 2 N–H and O–H groups in total. The number of aryl methyl sites for hydroxylation is 2. The van der Waals surface area contributed by atoms with Crippen molar-refractivity contribution in [3.63, 3.8) is 0 Å². The molecular weight excluding hydrogens is 389 g/mol. The average Bonchev–Trinajstić information content (AvgIpc) is 2.69. The number of nitrogens with zero attached hydrogens (tertiary/aromatic N) is 1. The minimum absolute atomic E-state index is 0.0690. The first-order valence-electron chi connectivity index (χ1n) is 11.0. The van der Waals surface area contributed by atoms with Gasteiger partial charge in [0.15, 0.2) is 0 Å². The van der Waals surface area contributed by atoms with E-state index in [9.17, 15) is 9.36 Å². The van der Waals surface area contributed by atoms with Gasteiger partial charge in [0.25, 0.3) is 0 Å². The topological polar surface area (TPSA) is 87.1 Å². The van der Waals surface area contributed by atoms with Crippen LogP contribution in [0.5, 0.6) is 0 Å². The Morgan fingerprint density at radius 3 is 2.34 bits per heavy atom. The number of unbranched alkanes of at least 4 members (excludes halogenated alkanes) is 5. The van der Waals surface area contributed by atoms with Crippen molar-refractivity contribution in [3.05, 3.63) is 35.4 Å². The third-order valence-corrected chi connectivity index (χ3v) is 6.13. The zero-order valence-electron chi connectivity index (χ0n) is 17.6. The van der Waals surface area contributed by atoms with E-state index in [0.29, 0.717) is 19.4 Å². The summed E-state index contributed by atoms with van der Waals surface area (Å²) in [6, 6.07) is 8.91. The third-order valence-electron chi connectivity index (χ3n) is 5.55. The summed E-state index contributed by atoms with van der Waals surface area (Å²) in [4.78, 5) is 31.9. The van der Waals surface area contributed by atoms with Crippen molar-refractivity contribution in [2.45, 2.75) is 83.7 Å². The first-order valence-corrected chi connectivity index (χ1v) is 12.5.